The van der Waals surface area contributed by atoms with E-state index in [-0.39, 0.29) is 25.1 Å². The number of H-pyrrole nitrogens is 1. The van der Waals surface area contributed by atoms with Gasteiger partial charge in [0, 0.05) is 18.8 Å². The molecule has 0 unspecified atom stereocenters. The van der Waals surface area contributed by atoms with Crippen molar-refractivity contribution in [3.63, 3.8) is 0 Å². The number of aromatic nitrogens is 3. The number of carbonyl (C=O) groups is 1. The number of anilines is 2. The molecule has 0 saturated heterocycles. The lowest BCUT2D eigenvalue weighted by molar-refractivity contribution is 0.256. The molecule has 0 fully saturated rings. The first-order valence-corrected chi connectivity index (χ1v) is 12.4. The van der Waals surface area contributed by atoms with E-state index in [0.29, 0.717) is 15.8 Å². The van der Waals surface area contributed by atoms with Crippen molar-refractivity contribution in [3.05, 3.63) is 73.1 Å². The fourth-order valence-electron chi connectivity index (χ4n) is 3.12. The van der Waals surface area contributed by atoms with Crippen molar-refractivity contribution in [2.45, 2.75) is 11.1 Å². The summed E-state index contributed by atoms with van der Waals surface area (Å²) in [5.74, 6) is -1.71. The number of urea groups is 1. The molecule has 0 spiro atoms. The van der Waals surface area contributed by atoms with Gasteiger partial charge in [0.05, 0.1) is 27.1 Å². The van der Waals surface area contributed by atoms with Gasteiger partial charge in [0.15, 0.2) is 11.6 Å². The third-order valence-corrected chi connectivity index (χ3v) is 8.16. The van der Waals surface area contributed by atoms with Crippen molar-refractivity contribution in [2.24, 2.45) is 0 Å². The summed E-state index contributed by atoms with van der Waals surface area (Å²) in [5, 5.41) is 5.14. The molecule has 4 aromatic rings. The maximum Gasteiger partial charge on any atom is 0.334 e. The smallest absolute Gasteiger partial charge is 0.334 e. The number of nitrogens with zero attached hydrogens (tertiary/aromatic N) is 2. The number of pyridine rings is 1. The minimum atomic E-state index is -4.22. The number of halogens is 2. The van der Waals surface area contributed by atoms with Crippen molar-refractivity contribution < 1.29 is 17.6 Å². The number of sulfonamides is 1. The highest BCUT2D eigenvalue weighted by Gasteiger charge is 2.22. The number of thiophene rings is 1. The van der Waals surface area contributed by atoms with E-state index in [1.807, 2.05) is 0 Å². The van der Waals surface area contributed by atoms with Gasteiger partial charge in [-0.2, -0.15) is 0 Å². The summed E-state index contributed by atoms with van der Waals surface area (Å²) < 4.78 is 41.9. The van der Waals surface area contributed by atoms with E-state index in [0.717, 1.165) is 23.6 Å². The average Bonchev–Trinajstić information content (AvgIpc) is 3.13. The van der Waals surface area contributed by atoms with Crippen LogP contribution in [0, 0.1) is 12.7 Å². The Morgan fingerprint density at radius 1 is 1.20 bits per heavy atom. The first-order valence-electron chi connectivity index (χ1n) is 9.72. The lowest BCUT2D eigenvalue weighted by atomic mass is 10.2. The van der Waals surface area contributed by atoms with Crippen LogP contribution in [0.2, 0.25) is 4.34 Å². The van der Waals surface area contributed by atoms with Gasteiger partial charge >= 0.3 is 11.7 Å². The van der Waals surface area contributed by atoms with E-state index < -0.39 is 38.9 Å². The number of carbonyl (C=O) groups excluding carboxylic acids is 1. The van der Waals surface area contributed by atoms with Crippen molar-refractivity contribution in [1.29, 1.82) is 0 Å². The van der Waals surface area contributed by atoms with E-state index in [1.165, 1.54) is 12.1 Å². The summed E-state index contributed by atoms with van der Waals surface area (Å²) >= 11 is 6.65. The third kappa shape index (κ3) is 4.76. The van der Waals surface area contributed by atoms with Gasteiger partial charge in [0.2, 0.25) is 0 Å². The molecule has 0 aliphatic heterocycles. The van der Waals surface area contributed by atoms with Gasteiger partial charge in [0.1, 0.15) is 4.21 Å². The summed E-state index contributed by atoms with van der Waals surface area (Å²) in [5.41, 5.74) is -0.502. The van der Waals surface area contributed by atoms with Crippen LogP contribution in [0.3, 0.4) is 0 Å². The van der Waals surface area contributed by atoms with E-state index >= 15 is 0 Å². The molecular weight excluding hydrogens is 523 g/mol. The summed E-state index contributed by atoms with van der Waals surface area (Å²) in [6.07, 6.45) is 0.969. The van der Waals surface area contributed by atoms with Gasteiger partial charge < -0.3 is 15.6 Å². The monoisotopic (exact) mass is 538 g/mol. The SMILES string of the molecule is CNc1ccc2c(=O)n(-c3ncc(NC(=O)NS(=O)(=O)c4cc(C)c(Cl)s4)cc3F)c(=O)[nH]c2c1. The Kier molecular flexibility index (Phi) is 6.36. The molecule has 3 aromatic heterocycles. The van der Waals surface area contributed by atoms with E-state index in [9.17, 15) is 27.2 Å². The zero-order chi connectivity index (χ0) is 25.5. The molecule has 11 nitrogen and oxygen atoms in total. The van der Waals surface area contributed by atoms with Gasteiger partial charge in [-0.25, -0.2) is 36.7 Å². The van der Waals surface area contributed by atoms with Crippen LogP contribution >= 0.6 is 22.9 Å². The van der Waals surface area contributed by atoms with Crippen LogP contribution in [0.25, 0.3) is 16.7 Å². The zero-order valence-corrected chi connectivity index (χ0v) is 20.4. The Morgan fingerprint density at radius 2 is 1.94 bits per heavy atom. The molecule has 1 aromatic carbocycles. The van der Waals surface area contributed by atoms with Gasteiger partial charge in [-0.15, -0.1) is 11.3 Å². The molecule has 2 amide bonds. The van der Waals surface area contributed by atoms with Crippen molar-refractivity contribution in [3.8, 4) is 5.82 Å². The molecule has 0 aliphatic carbocycles. The number of rotatable bonds is 5. The van der Waals surface area contributed by atoms with Crippen LogP contribution in [0.4, 0.5) is 20.6 Å². The number of aromatic amines is 1. The molecule has 0 saturated carbocycles. The molecule has 3 heterocycles. The van der Waals surface area contributed by atoms with Gasteiger partial charge in [0.25, 0.3) is 15.6 Å². The second kappa shape index (κ2) is 9.13. The highest BCUT2D eigenvalue weighted by atomic mass is 35.5. The van der Waals surface area contributed by atoms with Crippen LogP contribution < -0.4 is 26.6 Å². The quantitative estimate of drug-likeness (QED) is 0.304. The van der Waals surface area contributed by atoms with Crippen LogP contribution in [0.5, 0.6) is 0 Å². The minimum Gasteiger partial charge on any atom is -0.388 e. The molecule has 15 heteroatoms. The molecule has 182 valence electrons. The molecule has 0 bridgehead atoms. The second-order valence-electron chi connectivity index (χ2n) is 7.19. The summed E-state index contributed by atoms with van der Waals surface area (Å²) in [4.78, 5) is 43.8. The second-order valence-corrected chi connectivity index (χ2v) is 10.8. The predicted octanol–water partition coefficient (Wildman–Crippen LogP) is 2.79. The Hall–Kier alpha value is -3.75. The number of hydrogen-bond donors (Lipinski definition) is 4. The molecule has 0 atom stereocenters. The number of fused-ring (bicyclic) bond motifs is 1. The maximum absolute atomic E-state index is 14.8. The Labute approximate surface area is 205 Å². The normalized spacial score (nSPS) is 11.4. The lowest BCUT2D eigenvalue weighted by Gasteiger charge is -2.10. The molecule has 0 aliphatic rings. The van der Waals surface area contributed by atoms with Crippen molar-refractivity contribution in [2.75, 3.05) is 17.7 Å². The topological polar surface area (TPSA) is 155 Å². The lowest BCUT2D eigenvalue weighted by Crippen LogP contribution is -2.35. The van der Waals surface area contributed by atoms with E-state index in [1.54, 1.807) is 30.8 Å². The number of nitrogens with one attached hydrogen (secondary N) is 4. The Bertz CT molecular complexity index is 1690. The van der Waals surface area contributed by atoms with Crippen LogP contribution in [0.15, 0.2) is 50.3 Å². The third-order valence-electron chi connectivity index (χ3n) is 4.80. The van der Waals surface area contributed by atoms with Crippen molar-refractivity contribution >= 4 is 61.3 Å². The highest BCUT2D eigenvalue weighted by Crippen LogP contribution is 2.30. The highest BCUT2D eigenvalue weighted by molar-refractivity contribution is 7.92. The molecule has 4 N–H and O–H groups in total. The maximum atomic E-state index is 14.8. The standard InChI is InChI=1S/C20H16ClFN6O5S2/c1-9-5-15(34-16(9)21)35(32,33)27-19(30)25-11-6-13(22)17(24-8-11)28-18(29)12-4-3-10(23-2)7-14(12)26-20(28)31/h3-8,23H,1-2H3,(H,26,31)(H2,25,27,30). The predicted molar refractivity (Wildman–Crippen MR) is 131 cm³/mol. The van der Waals surface area contributed by atoms with Crippen molar-refractivity contribution in [1.82, 2.24) is 19.3 Å². The number of aryl methyl sites for hydroxylation is 1. The van der Waals surface area contributed by atoms with Crippen LogP contribution in [0.1, 0.15) is 5.56 Å². The molecule has 4 rings (SSSR count). The van der Waals surface area contributed by atoms with Crippen LogP contribution in [-0.2, 0) is 10.0 Å². The average molecular weight is 539 g/mol. The Morgan fingerprint density at radius 3 is 2.57 bits per heavy atom. The minimum absolute atomic E-state index is 0.125. The van der Waals surface area contributed by atoms with Gasteiger partial charge in [-0.3, -0.25) is 4.79 Å². The fourth-order valence-corrected chi connectivity index (χ4v) is 5.74. The number of benzene rings is 1. The summed E-state index contributed by atoms with van der Waals surface area (Å²) in [6.45, 7) is 1.61. The van der Waals surface area contributed by atoms with Gasteiger partial charge in [-0.1, -0.05) is 11.6 Å². The van der Waals surface area contributed by atoms with Crippen LogP contribution in [-0.4, -0.2) is 36.0 Å². The number of amides is 2. The molecular formula is C20H16ClFN6O5S2. The number of hydrogen-bond acceptors (Lipinski definition) is 8. The summed E-state index contributed by atoms with van der Waals surface area (Å²) in [7, 11) is -2.55. The van der Waals surface area contributed by atoms with E-state index in [2.05, 4.69) is 20.6 Å². The summed E-state index contributed by atoms with van der Waals surface area (Å²) in [6, 6.07) is 5.55. The largest absolute Gasteiger partial charge is 0.388 e. The Balaban J connectivity index is 1.61. The van der Waals surface area contributed by atoms with Gasteiger partial charge in [-0.05, 0) is 36.8 Å². The molecule has 0 radical (unpaired) electrons. The van der Waals surface area contributed by atoms with E-state index in [4.69, 9.17) is 11.6 Å². The first kappa shape index (κ1) is 24.4. The zero-order valence-electron chi connectivity index (χ0n) is 18.0. The molecule has 35 heavy (non-hydrogen) atoms. The first-order chi connectivity index (χ1) is 16.5. The fraction of sp³-hybridized carbons (Fsp3) is 0.100.